The molecule has 0 aromatic carbocycles. The topological polar surface area (TPSA) is 151 Å². The zero-order chi connectivity index (χ0) is 16.2. The summed E-state index contributed by atoms with van der Waals surface area (Å²) in [4.78, 5) is 29.5. The molecule has 0 fully saturated rings. The molecule has 0 aliphatic heterocycles. The van der Waals surface area contributed by atoms with E-state index in [0.29, 0.717) is 23.3 Å². The number of hydrogen-bond acceptors (Lipinski definition) is 7. The average molecular weight is 332 g/mol. The Balaban J connectivity index is 2.12. The van der Waals surface area contributed by atoms with E-state index in [1.165, 1.54) is 12.7 Å². The van der Waals surface area contributed by atoms with Crippen LogP contribution in [0.2, 0.25) is 0 Å². The lowest BCUT2D eigenvalue weighted by molar-refractivity contribution is 0.127. The van der Waals surface area contributed by atoms with Crippen LogP contribution in [-0.4, -0.2) is 59.1 Å². The minimum Gasteiger partial charge on any atom is -0.394 e. The zero-order valence-electron chi connectivity index (χ0n) is 11.6. The number of ether oxygens (including phenoxy) is 1. The molecule has 0 aliphatic carbocycles. The molecule has 0 saturated carbocycles. The average Bonchev–Trinajstić information content (AvgIpc) is 2.90. The van der Waals surface area contributed by atoms with Gasteiger partial charge in [-0.05, 0) is 6.42 Å². The number of aliphatic hydroxyl groups is 2. The summed E-state index contributed by atoms with van der Waals surface area (Å²) < 4.78 is 17.2. The van der Waals surface area contributed by atoms with E-state index in [4.69, 9.17) is 14.5 Å². The largest absolute Gasteiger partial charge is 0.394 e. The van der Waals surface area contributed by atoms with Crippen LogP contribution in [0.3, 0.4) is 0 Å². The molecular formula is C11H17N4O6P. The second kappa shape index (κ2) is 7.23. The molecule has 2 heterocycles. The molecular weight excluding hydrogens is 315 g/mol. The van der Waals surface area contributed by atoms with Crippen molar-refractivity contribution in [3.8, 4) is 0 Å². The quantitative estimate of drug-likeness (QED) is 0.366. The van der Waals surface area contributed by atoms with Crippen molar-refractivity contribution in [1.82, 2.24) is 19.5 Å². The Morgan fingerprint density at radius 3 is 2.68 bits per heavy atom. The highest BCUT2D eigenvalue weighted by atomic mass is 31.2. The van der Waals surface area contributed by atoms with Crippen molar-refractivity contribution in [3.05, 3.63) is 18.3 Å². The molecule has 11 heteroatoms. The van der Waals surface area contributed by atoms with Crippen LogP contribution in [-0.2, 0) is 15.9 Å². The van der Waals surface area contributed by atoms with Crippen molar-refractivity contribution in [1.29, 1.82) is 0 Å². The Morgan fingerprint density at radius 1 is 1.27 bits per heavy atom. The molecule has 0 saturated heterocycles. The highest BCUT2D eigenvalue weighted by molar-refractivity contribution is 7.51. The molecule has 2 rings (SSSR count). The van der Waals surface area contributed by atoms with Crippen LogP contribution in [0.25, 0.3) is 11.2 Å². The first-order valence-corrected chi connectivity index (χ1v) is 8.26. The fraction of sp³-hybridized carbons (Fsp3) is 0.545. The molecule has 2 aromatic rings. The van der Waals surface area contributed by atoms with E-state index in [0.717, 1.165) is 0 Å². The van der Waals surface area contributed by atoms with Gasteiger partial charge in [0, 0.05) is 6.61 Å². The molecule has 0 amide bonds. The van der Waals surface area contributed by atoms with E-state index in [-0.39, 0.29) is 19.8 Å². The lowest BCUT2D eigenvalue weighted by Gasteiger charge is -2.17. The second-order valence-corrected chi connectivity index (χ2v) is 6.22. The van der Waals surface area contributed by atoms with Crippen LogP contribution in [0.1, 0.15) is 18.2 Å². The number of fused-ring (bicyclic) bond motifs is 1. The molecule has 0 radical (unpaired) electrons. The number of imidazole rings is 1. The number of hydrogen-bond donors (Lipinski definition) is 4. The fourth-order valence-corrected chi connectivity index (χ4v) is 2.42. The number of aliphatic hydroxyl groups excluding tert-OH is 2. The molecule has 22 heavy (non-hydrogen) atoms. The Morgan fingerprint density at radius 2 is 2.05 bits per heavy atom. The summed E-state index contributed by atoms with van der Waals surface area (Å²) >= 11 is 0. The highest BCUT2D eigenvalue weighted by Gasteiger charge is 2.18. The summed E-state index contributed by atoms with van der Waals surface area (Å²) in [7, 11) is -4.20. The van der Waals surface area contributed by atoms with Gasteiger partial charge in [0.1, 0.15) is 18.2 Å². The van der Waals surface area contributed by atoms with Crippen LogP contribution in [0.5, 0.6) is 0 Å². The van der Waals surface area contributed by atoms with E-state index in [9.17, 15) is 14.8 Å². The lowest BCUT2D eigenvalue weighted by Crippen LogP contribution is -2.16. The van der Waals surface area contributed by atoms with Gasteiger partial charge < -0.3 is 29.3 Å². The maximum Gasteiger partial charge on any atom is 0.350 e. The number of rotatable bonds is 8. The molecule has 1 unspecified atom stereocenters. The minimum absolute atomic E-state index is 0.0537. The first-order valence-electron chi connectivity index (χ1n) is 6.46. The van der Waals surface area contributed by atoms with Crippen molar-refractivity contribution in [2.45, 2.75) is 19.1 Å². The van der Waals surface area contributed by atoms with E-state index in [2.05, 4.69) is 15.0 Å². The van der Waals surface area contributed by atoms with Gasteiger partial charge in [-0.3, -0.25) is 4.57 Å². The Bertz CT molecular complexity index is 672. The highest BCUT2D eigenvalue weighted by Crippen LogP contribution is 2.34. The van der Waals surface area contributed by atoms with Crippen LogP contribution < -0.4 is 0 Å². The number of nitrogens with zero attached hydrogens (tertiary/aromatic N) is 4. The third-order valence-corrected chi connectivity index (χ3v) is 3.57. The first kappa shape index (κ1) is 16.9. The van der Waals surface area contributed by atoms with Gasteiger partial charge in [0.2, 0.25) is 0 Å². The SMILES string of the molecule is O=P(O)(O)COCCC(CO)n1cnc2ncnc(CO)c21. The first-order chi connectivity index (χ1) is 10.5. The summed E-state index contributed by atoms with van der Waals surface area (Å²) in [6, 6.07) is -0.432. The van der Waals surface area contributed by atoms with Crippen LogP contribution in [0.4, 0.5) is 0 Å². The maximum atomic E-state index is 10.7. The third kappa shape index (κ3) is 4.07. The molecule has 2 aromatic heterocycles. The molecule has 4 N–H and O–H groups in total. The summed E-state index contributed by atoms with van der Waals surface area (Å²) in [5.74, 6) is 0. The maximum absolute atomic E-state index is 10.7. The van der Waals surface area contributed by atoms with Crippen LogP contribution in [0.15, 0.2) is 12.7 Å². The van der Waals surface area contributed by atoms with Gasteiger partial charge in [-0.15, -0.1) is 0 Å². The van der Waals surface area contributed by atoms with Gasteiger partial charge in [-0.2, -0.15) is 0 Å². The van der Waals surface area contributed by atoms with Gasteiger partial charge in [0.25, 0.3) is 0 Å². The van der Waals surface area contributed by atoms with Gasteiger partial charge >= 0.3 is 7.60 Å². The van der Waals surface area contributed by atoms with Gasteiger partial charge in [0.15, 0.2) is 5.65 Å². The molecule has 0 aliphatic rings. The predicted molar refractivity (Wildman–Crippen MR) is 74.8 cm³/mol. The Labute approximate surface area is 125 Å². The summed E-state index contributed by atoms with van der Waals surface area (Å²) in [5, 5.41) is 18.9. The fourth-order valence-electron chi connectivity index (χ4n) is 2.05. The lowest BCUT2D eigenvalue weighted by atomic mass is 10.2. The summed E-state index contributed by atoms with van der Waals surface area (Å²) in [5.41, 5.74) is 1.30. The standard InChI is InChI=1S/C11H17N4O6P/c16-3-8(1-2-21-7-22(18,19)20)15-6-14-11-10(15)9(4-17)12-5-13-11/h5-6,8,16-17H,1-4,7H2,(H2,18,19,20). The van der Waals surface area contributed by atoms with E-state index in [1.807, 2.05) is 0 Å². The summed E-state index contributed by atoms with van der Waals surface area (Å²) in [6.07, 6.45) is 2.41. The van der Waals surface area contributed by atoms with E-state index < -0.39 is 20.0 Å². The molecule has 0 spiro atoms. The minimum atomic E-state index is -4.20. The van der Waals surface area contributed by atoms with Crippen LogP contribution >= 0.6 is 7.60 Å². The third-order valence-electron chi connectivity index (χ3n) is 3.05. The molecule has 122 valence electrons. The van der Waals surface area contributed by atoms with Crippen LogP contribution in [0, 0.1) is 0 Å². The summed E-state index contributed by atoms with van der Waals surface area (Å²) in [6.45, 7) is -0.472. The second-order valence-electron chi connectivity index (χ2n) is 4.63. The molecule has 1 atom stereocenters. The Hall–Kier alpha value is -1.42. The van der Waals surface area contributed by atoms with E-state index >= 15 is 0 Å². The van der Waals surface area contributed by atoms with Crippen molar-refractivity contribution in [3.63, 3.8) is 0 Å². The van der Waals surface area contributed by atoms with E-state index in [1.54, 1.807) is 4.57 Å². The van der Waals surface area contributed by atoms with Crippen molar-refractivity contribution in [2.24, 2.45) is 0 Å². The van der Waals surface area contributed by atoms with Gasteiger partial charge in [-0.1, -0.05) is 0 Å². The van der Waals surface area contributed by atoms with Gasteiger partial charge in [-0.25, -0.2) is 15.0 Å². The Kier molecular flexibility index (Phi) is 5.57. The smallest absolute Gasteiger partial charge is 0.350 e. The normalized spacial score (nSPS) is 13.6. The molecule has 10 nitrogen and oxygen atoms in total. The van der Waals surface area contributed by atoms with Gasteiger partial charge in [0.05, 0.1) is 31.3 Å². The number of aromatic nitrogens is 4. The predicted octanol–water partition coefficient (Wildman–Crippen LogP) is -0.606. The van der Waals surface area contributed by atoms with Crippen molar-refractivity contribution >= 4 is 18.8 Å². The molecule has 0 bridgehead atoms. The monoisotopic (exact) mass is 332 g/mol. The van der Waals surface area contributed by atoms with Crippen molar-refractivity contribution in [2.75, 3.05) is 19.6 Å². The zero-order valence-corrected chi connectivity index (χ0v) is 12.5. The van der Waals surface area contributed by atoms with Crippen molar-refractivity contribution < 1.29 is 29.3 Å².